The van der Waals surface area contributed by atoms with E-state index in [2.05, 4.69) is 30.6 Å². The minimum atomic E-state index is 0.316. The van der Waals surface area contributed by atoms with E-state index >= 15 is 0 Å². The summed E-state index contributed by atoms with van der Waals surface area (Å²) in [5.41, 5.74) is 0.966. The number of nitrogens with one attached hydrogen (secondary N) is 2. The monoisotopic (exact) mass is 242 g/mol. The van der Waals surface area contributed by atoms with Crippen molar-refractivity contribution in [2.45, 2.75) is 18.9 Å². The van der Waals surface area contributed by atoms with Gasteiger partial charge in [-0.15, -0.1) is 0 Å². The van der Waals surface area contributed by atoms with E-state index in [-0.39, 0.29) is 0 Å². The third-order valence-electron chi connectivity index (χ3n) is 2.88. The van der Waals surface area contributed by atoms with Crippen molar-refractivity contribution >= 4 is 11.8 Å². The Labute approximate surface area is 105 Å². The van der Waals surface area contributed by atoms with Gasteiger partial charge >= 0.3 is 0 Å². The van der Waals surface area contributed by atoms with Crippen molar-refractivity contribution in [2.75, 3.05) is 11.9 Å². The summed E-state index contributed by atoms with van der Waals surface area (Å²) in [6, 6.07) is 2.09. The second kappa shape index (κ2) is 5.05. The van der Waals surface area contributed by atoms with Crippen LogP contribution in [0, 0.1) is 0 Å². The van der Waals surface area contributed by atoms with Crippen LogP contribution in [0.1, 0.15) is 24.6 Å². The molecule has 2 N–H and O–H groups in total. The zero-order valence-electron chi connectivity index (χ0n) is 9.87. The van der Waals surface area contributed by atoms with Gasteiger partial charge in [0.2, 0.25) is 5.95 Å². The molecule has 2 aromatic heterocycles. The number of nitrogens with zero attached hydrogens (tertiary/aromatic N) is 4. The fourth-order valence-corrected chi connectivity index (χ4v) is 2.02. The van der Waals surface area contributed by atoms with Crippen molar-refractivity contribution in [3.63, 3.8) is 0 Å². The van der Waals surface area contributed by atoms with E-state index in [9.17, 15) is 0 Å². The quantitative estimate of drug-likeness (QED) is 0.848. The minimum absolute atomic E-state index is 0.316. The predicted octanol–water partition coefficient (Wildman–Crippen LogP) is 1.43. The molecule has 3 heterocycles. The summed E-state index contributed by atoms with van der Waals surface area (Å²) in [7, 11) is 0. The third-order valence-corrected chi connectivity index (χ3v) is 2.88. The van der Waals surface area contributed by atoms with Crippen LogP contribution in [0.2, 0.25) is 0 Å². The lowest BCUT2D eigenvalue weighted by Crippen LogP contribution is -2.15. The zero-order valence-corrected chi connectivity index (χ0v) is 9.87. The average molecular weight is 242 g/mol. The van der Waals surface area contributed by atoms with E-state index in [0.29, 0.717) is 17.8 Å². The first kappa shape index (κ1) is 11.0. The van der Waals surface area contributed by atoms with Crippen LogP contribution in [0.3, 0.4) is 0 Å². The summed E-state index contributed by atoms with van der Waals surface area (Å²) >= 11 is 0. The molecule has 0 saturated carbocycles. The van der Waals surface area contributed by atoms with Crippen LogP contribution in [0.25, 0.3) is 0 Å². The second-order valence-electron chi connectivity index (χ2n) is 4.18. The summed E-state index contributed by atoms with van der Waals surface area (Å²) in [5.74, 6) is 1.20. The van der Waals surface area contributed by atoms with Crippen LogP contribution in [0.4, 0.5) is 11.8 Å². The van der Waals surface area contributed by atoms with Crippen molar-refractivity contribution in [2.24, 2.45) is 0 Å². The molecule has 6 heteroatoms. The van der Waals surface area contributed by atoms with Gasteiger partial charge in [-0.3, -0.25) is 4.98 Å². The molecule has 6 nitrogen and oxygen atoms in total. The van der Waals surface area contributed by atoms with Gasteiger partial charge in [-0.2, -0.15) is 0 Å². The Morgan fingerprint density at radius 2 is 2.11 bits per heavy atom. The summed E-state index contributed by atoms with van der Waals surface area (Å²) in [6.07, 6.45) is 9.15. The molecule has 0 aromatic carbocycles. The van der Waals surface area contributed by atoms with Gasteiger partial charge in [-0.05, 0) is 25.5 Å². The van der Waals surface area contributed by atoms with Gasteiger partial charge in [0.1, 0.15) is 0 Å². The Morgan fingerprint density at radius 3 is 2.89 bits per heavy atom. The Bertz CT molecular complexity index is 509. The molecule has 3 rings (SSSR count). The van der Waals surface area contributed by atoms with Gasteiger partial charge < -0.3 is 10.6 Å². The lowest BCUT2D eigenvalue weighted by molar-refractivity contribution is 0.625. The van der Waals surface area contributed by atoms with Gasteiger partial charge in [-0.1, -0.05) is 0 Å². The Morgan fingerprint density at radius 1 is 1.22 bits per heavy atom. The topological polar surface area (TPSA) is 75.6 Å². The van der Waals surface area contributed by atoms with Crippen LogP contribution in [-0.2, 0) is 0 Å². The molecule has 1 fully saturated rings. The standard InChI is InChI=1S/C12H14N6/c1-3-9(14-4-1)10-7-13-8-11(17-10)18-12-15-5-2-6-16-12/h2,5-9,14H,1,3-4H2,(H,15,16,17,18). The van der Waals surface area contributed by atoms with Crippen LogP contribution >= 0.6 is 0 Å². The molecule has 92 valence electrons. The molecule has 2 aromatic rings. The highest BCUT2D eigenvalue weighted by Gasteiger charge is 2.18. The number of aromatic nitrogens is 4. The maximum atomic E-state index is 4.53. The van der Waals surface area contributed by atoms with Gasteiger partial charge in [-0.25, -0.2) is 15.0 Å². The third kappa shape index (κ3) is 2.43. The normalized spacial score (nSPS) is 18.8. The fourth-order valence-electron chi connectivity index (χ4n) is 2.02. The van der Waals surface area contributed by atoms with Gasteiger partial charge in [0.05, 0.1) is 24.1 Å². The Balaban J connectivity index is 1.78. The Hall–Kier alpha value is -2.08. The van der Waals surface area contributed by atoms with E-state index in [4.69, 9.17) is 0 Å². The molecule has 1 saturated heterocycles. The summed E-state index contributed by atoms with van der Waals surface area (Å²) in [4.78, 5) is 16.9. The van der Waals surface area contributed by atoms with E-state index in [1.165, 1.54) is 6.42 Å². The van der Waals surface area contributed by atoms with Crippen molar-refractivity contribution in [1.82, 2.24) is 25.3 Å². The lowest BCUT2D eigenvalue weighted by Gasteiger charge is -2.10. The van der Waals surface area contributed by atoms with Crippen LogP contribution in [0.5, 0.6) is 0 Å². The lowest BCUT2D eigenvalue weighted by atomic mass is 10.2. The summed E-state index contributed by atoms with van der Waals surface area (Å²) in [5, 5.41) is 6.45. The molecular weight excluding hydrogens is 228 g/mol. The van der Waals surface area contributed by atoms with Crippen molar-refractivity contribution in [3.8, 4) is 0 Å². The smallest absolute Gasteiger partial charge is 0.228 e. The second-order valence-corrected chi connectivity index (χ2v) is 4.18. The van der Waals surface area contributed by atoms with E-state index in [1.54, 1.807) is 30.9 Å². The molecule has 1 unspecified atom stereocenters. The van der Waals surface area contributed by atoms with E-state index < -0.39 is 0 Å². The number of anilines is 2. The number of hydrogen-bond donors (Lipinski definition) is 2. The van der Waals surface area contributed by atoms with Gasteiger partial charge in [0.25, 0.3) is 0 Å². The molecule has 0 aliphatic carbocycles. The molecule has 0 radical (unpaired) electrons. The fraction of sp³-hybridized carbons (Fsp3) is 0.333. The molecule has 0 spiro atoms. The Kier molecular flexibility index (Phi) is 3.10. The van der Waals surface area contributed by atoms with Crippen molar-refractivity contribution in [1.29, 1.82) is 0 Å². The molecule has 1 aliphatic heterocycles. The highest BCUT2D eigenvalue weighted by atomic mass is 15.1. The maximum Gasteiger partial charge on any atom is 0.228 e. The van der Waals surface area contributed by atoms with Gasteiger partial charge in [0, 0.05) is 12.4 Å². The highest BCUT2D eigenvalue weighted by Crippen LogP contribution is 2.21. The first-order chi connectivity index (χ1) is 8.92. The predicted molar refractivity (Wildman–Crippen MR) is 67.3 cm³/mol. The number of hydrogen-bond acceptors (Lipinski definition) is 6. The molecule has 0 amide bonds. The van der Waals surface area contributed by atoms with E-state index in [0.717, 1.165) is 18.7 Å². The summed E-state index contributed by atoms with van der Waals surface area (Å²) in [6.45, 7) is 1.05. The van der Waals surface area contributed by atoms with Crippen LogP contribution in [-0.4, -0.2) is 26.5 Å². The first-order valence-corrected chi connectivity index (χ1v) is 6.01. The minimum Gasteiger partial charge on any atom is -0.309 e. The van der Waals surface area contributed by atoms with Crippen LogP contribution in [0.15, 0.2) is 30.9 Å². The molecule has 0 bridgehead atoms. The molecule has 18 heavy (non-hydrogen) atoms. The number of rotatable bonds is 3. The van der Waals surface area contributed by atoms with Crippen LogP contribution < -0.4 is 10.6 Å². The summed E-state index contributed by atoms with van der Waals surface area (Å²) < 4.78 is 0. The van der Waals surface area contributed by atoms with Crippen molar-refractivity contribution < 1.29 is 0 Å². The molecular formula is C12H14N6. The van der Waals surface area contributed by atoms with Gasteiger partial charge in [0.15, 0.2) is 5.82 Å². The first-order valence-electron chi connectivity index (χ1n) is 6.01. The zero-order chi connectivity index (χ0) is 12.2. The largest absolute Gasteiger partial charge is 0.309 e. The van der Waals surface area contributed by atoms with E-state index in [1.807, 2.05) is 0 Å². The average Bonchev–Trinajstić information content (AvgIpc) is 2.94. The molecule has 1 atom stereocenters. The molecule has 1 aliphatic rings. The highest BCUT2D eigenvalue weighted by molar-refractivity contribution is 5.45. The maximum absolute atomic E-state index is 4.53. The van der Waals surface area contributed by atoms with Crippen molar-refractivity contribution in [3.05, 3.63) is 36.5 Å². The SMILES string of the molecule is c1cnc(Nc2cncc(C3CCCN3)n2)nc1.